The predicted octanol–water partition coefficient (Wildman–Crippen LogP) is 0.964. The summed E-state index contributed by atoms with van der Waals surface area (Å²) < 4.78 is 30.1. The monoisotopic (exact) mass is 235 g/mol. The van der Waals surface area contributed by atoms with Crippen LogP contribution in [0.25, 0.3) is 0 Å². The van der Waals surface area contributed by atoms with Gasteiger partial charge in [-0.05, 0) is 6.92 Å². The molecule has 0 aromatic heterocycles. The Hall–Kier alpha value is -0.390. The Morgan fingerprint density at radius 1 is 1.40 bits per heavy atom. The maximum Gasteiger partial charge on any atom is 0.0982 e. The SMILES string of the molecule is C=CCS(=O)(=O)[O-].CC[N+]1(C)CCCC1. The molecule has 0 aromatic rings. The van der Waals surface area contributed by atoms with E-state index in [1.807, 2.05) is 0 Å². The predicted molar refractivity (Wildman–Crippen MR) is 60.5 cm³/mol. The highest BCUT2D eigenvalue weighted by Crippen LogP contribution is 2.14. The number of likely N-dealkylation sites (tertiary alicyclic amines) is 1. The van der Waals surface area contributed by atoms with Gasteiger partial charge in [-0.1, -0.05) is 6.08 Å². The maximum absolute atomic E-state index is 9.60. The summed E-state index contributed by atoms with van der Waals surface area (Å²) in [5.74, 6) is -0.479. The molecule has 1 heterocycles. The van der Waals surface area contributed by atoms with Crippen LogP contribution < -0.4 is 0 Å². The van der Waals surface area contributed by atoms with E-state index < -0.39 is 15.9 Å². The zero-order chi connectivity index (χ0) is 11.9. The van der Waals surface area contributed by atoms with Gasteiger partial charge < -0.3 is 9.04 Å². The fourth-order valence-corrected chi connectivity index (χ4v) is 1.85. The van der Waals surface area contributed by atoms with E-state index in [1.165, 1.54) is 37.0 Å². The van der Waals surface area contributed by atoms with Crippen molar-refractivity contribution in [3.63, 3.8) is 0 Å². The Balaban J connectivity index is 0.000000265. The first-order chi connectivity index (χ1) is 6.83. The molecule has 0 amide bonds. The van der Waals surface area contributed by atoms with Gasteiger partial charge in [0, 0.05) is 12.8 Å². The maximum atomic E-state index is 9.60. The lowest BCUT2D eigenvalue weighted by Gasteiger charge is -2.26. The third kappa shape index (κ3) is 7.53. The first-order valence-electron chi connectivity index (χ1n) is 5.21. The molecule has 0 unspecified atom stereocenters. The van der Waals surface area contributed by atoms with E-state index >= 15 is 0 Å². The Morgan fingerprint density at radius 2 is 1.87 bits per heavy atom. The fourth-order valence-electron chi connectivity index (χ4n) is 1.56. The highest BCUT2D eigenvalue weighted by Gasteiger charge is 2.23. The average Bonchev–Trinajstić information content (AvgIpc) is 2.52. The van der Waals surface area contributed by atoms with Crippen molar-refractivity contribution in [2.45, 2.75) is 19.8 Å². The number of nitrogens with zero attached hydrogens (tertiary/aromatic N) is 1. The van der Waals surface area contributed by atoms with Crippen molar-refractivity contribution in [3.05, 3.63) is 12.7 Å². The molecule has 0 atom stereocenters. The van der Waals surface area contributed by atoms with Crippen molar-refractivity contribution >= 4 is 10.1 Å². The summed E-state index contributed by atoms with van der Waals surface area (Å²) in [6.07, 6.45) is 3.96. The van der Waals surface area contributed by atoms with Crippen LogP contribution in [-0.4, -0.2) is 49.9 Å². The summed E-state index contributed by atoms with van der Waals surface area (Å²) in [5.41, 5.74) is 0. The van der Waals surface area contributed by atoms with Gasteiger partial charge in [-0.3, -0.25) is 0 Å². The van der Waals surface area contributed by atoms with Crippen molar-refractivity contribution in [1.82, 2.24) is 0 Å². The van der Waals surface area contributed by atoms with E-state index in [1.54, 1.807) is 0 Å². The molecular weight excluding hydrogens is 214 g/mol. The molecule has 15 heavy (non-hydrogen) atoms. The molecule has 0 N–H and O–H groups in total. The fraction of sp³-hybridized carbons (Fsp3) is 0.800. The molecule has 0 spiro atoms. The molecule has 0 aromatic carbocycles. The van der Waals surface area contributed by atoms with Gasteiger partial charge in [0.1, 0.15) is 0 Å². The van der Waals surface area contributed by atoms with E-state index in [4.69, 9.17) is 0 Å². The van der Waals surface area contributed by atoms with Crippen LogP contribution in [0.4, 0.5) is 0 Å². The molecule has 1 fully saturated rings. The van der Waals surface area contributed by atoms with Gasteiger partial charge in [-0.2, -0.15) is 0 Å². The Morgan fingerprint density at radius 3 is 2.00 bits per heavy atom. The second kappa shape index (κ2) is 6.25. The lowest BCUT2D eigenvalue weighted by molar-refractivity contribution is -0.895. The Bertz CT molecular complexity index is 279. The van der Waals surface area contributed by atoms with Gasteiger partial charge in [0.15, 0.2) is 0 Å². The van der Waals surface area contributed by atoms with Gasteiger partial charge in [0.05, 0.1) is 42.6 Å². The van der Waals surface area contributed by atoms with Crippen molar-refractivity contribution < 1.29 is 17.5 Å². The van der Waals surface area contributed by atoms with Crippen molar-refractivity contribution in [2.75, 3.05) is 32.4 Å². The Kier molecular flexibility index (Phi) is 6.09. The van der Waals surface area contributed by atoms with Crippen molar-refractivity contribution in [3.8, 4) is 0 Å². The third-order valence-corrected chi connectivity index (χ3v) is 3.38. The van der Waals surface area contributed by atoms with Crippen molar-refractivity contribution in [1.29, 1.82) is 0 Å². The summed E-state index contributed by atoms with van der Waals surface area (Å²) in [6.45, 7) is 9.50. The normalized spacial score (nSPS) is 19.1. The van der Waals surface area contributed by atoms with Gasteiger partial charge in [-0.15, -0.1) is 6.58 Å². The van der Waals surface area contributed by atoms with Gasteiger partial charge in [0.25, 0.3) is 0 Å². The quantitative estimate of drug-likeness (QED) is 0.416. The summed E-state index contributed by atoms with van der Waals surface area (Å²) >= 11 is 0. The Labute approximate surface area is 92.9 Å². The van der Waals surface area contributed by atoms with Gasteiger partial charge in [0.2, 0.25) is 0 Å². The number of rotatable bonds is 3. The van der Waals surface area contributed by atoms with Gasteiger partial charge >= 0.3 is 0 Å². The van der Waals surface area contributed by atoms with Crippen LogP contribution in [0.1, 0.15) is 19.8 Å². The molecule has 1 rings (SSSR count). The highest BCUT2D eigenvalue weighted by atomic mass is 32.2. The van der Waals surface area contributed by atoms with Crippen LogP contribution in [0.2, 0.25) is 0 Å². The molecule has 1 saturated heterocycles. The zero-order valence-corrected chi connectivity index (χ0v) is 10.4. The van der Waals surface area contributed by atoms with Crippen LogP contribution >= 0.6 is 0 Å². The molecule has 90 valence electrons. The summed E-state index contributed by atoms with van der Waals surface area (Å²) in [6, 6.07) is 0. The number of hydrogen-bond donors (Lipinski definition) is 0. The van der Waals surface area contributed by atoms with E-state index in [-0.39, 0.29) is 0 Å². The molecule has 1 aliphatic rings. The van der Waals surface area contributed by atoms with Crippen LogP contribution in [0.3, 0.4) is 0 Å². The van der Waals surface area contributed by atoms with E-state index in [2.05, 4.69) is 20.6 Å². The molecule has 0 bridgehead atoms. The van der Waals surface area contributed by atoms with Gasteiger partial charge in [-0.25, -0.2) is 8.42 Å². The molecular formula is C10H21NO3S. The molecule has 4 nitrogen and oxygen atoms in total. The second-order valence-electron chi connectivity index (χ2n) is 4.10. The topological polar surface area (TPSA) is 57.2 Å². The first kappa shape index (κ1) is 14.6. The summed E-state index contributed by atoms with van der Waals surface area (Å²) in [5, 5.41) is 0. The van der Waals surface area contributed by atoms with Crippen LogP contribution in [0.5, 0.6) is 0 Å². The van der Waals surface area contributed by atoms with E-state index in [0.717, 1.165) is 6.08 Å². The summed E-state index contributed by atoms with van der Waals surface area (Å²) in [4.78, 5) is 0. The van der Waals surface area contributed by atoms with E-state index in [9.17, 15) is 13.0 Å². The minimum Gasteiger partial charge on any atom is -0.748 e. The standard InChI is InChI=1S/C7H16N.C3H6O3S/c1-3-8(2)6-4-5-7-8;1-2-3-7(4,5)6/h3-7H2,1-2H3;2H,1,3H2,(H,4,5,6)/q+1;/p-1. The molecule has 5 heteroatoms. The van der Waals surface area contributed by atoms with Crippen LogP contribution in [-0.2, 0) is 10.1 Å². The second-order valence-corrected chi connectivity index (χ2v) is 5.55. The van der Waals surface area contributed by atoms with E-state index in [0.29, 0.717) is 0 Å². The lowest BCUT2D eigenvalue weighted by Crippen LogP contribution is -2.40. The number of quaternary nitrogens is 1. The summed E-state index contributed by atoms with van der Waals surface area (Å²) in [7, 11) is -1.69. The largest absolute Gasteiger partial charge is 0.748 e. The average molecular weight is 235 g/mol. The molecule has 0 saturated carbocycles. The van der Waals surface area contributed by atoms with Crippen LogP contribution in [0, 0.1) is 0 Å². The third-order valence-electron chi connectivity index (χ3n) is 2.73. The molecule has 0 aliphatic carbocycles. The highest BCUT2D eigenvalue weighted by molar-refractivity contribution is 7.85. The minimum atomic E-state index is -4.04. The number of hydrogen-bond acceptors (Lipinski definition) is 3. The minimum absolute atomic E-state index is 0.479. The molecule has 1 aliphatic heterocycles. The smallest absolute Gasteiger partial charge is 0.0982 e. The van der Waals surface area contributed by atoms with Crippen molar-refractivity contribution in [2.24, 2.45) is 0 Å². The molecule has 0 radical (unpaired) electrons. The van der Waals surface area contributed by atoms with Crippen LogP contribution in [0.15, 0.2) is 12.7 Å². The lowest BCUT2D eigenvalue weighted by atomic mass is 10.4. The zero-order valence-electron chi connectivity index (χ0n) is 9.61. The first-order valence-corrected chi connectivity index (χ1v) is 6.79.